The van der Waals surface area contributed by atoms with Crippen LogP contribution in [0.3, 0.4) is 0 Å². The van der Waals surface area contributed by atoms with Gasteiger partial charge in [-0.15, -0.1) is 0 Å². The second kappa shape index (κ2) is 6.89. The van der Waals surface area contributed by atoms with Gasteiger partial charge in [0.05, 0.1) is 11.9 Å². The monoisotopic (exact) mass is 375 g/mol. The summed E-state index contributed by atoms with van der Waals surface area (Å²) in [5.41, 5.74) is 0.935. The Morgan fingerprint density at radius 2 is 2.00 bits per heavy atom. The molecule has 2 N–H and O–H groups in total. The van der Waals surface area contributed by atoms with Gasteiger partial charge in [-0.25, -0.2) is 8.98 Å². The number of hydrogen-bond acceptors (Lipinski definition) is 7. The molecule has 0 unspecified atom stereocenters. The van der Waals surface area contributed by atoms with E-state index >= 15 is 0 Å². The Balaban J connectivity index is 1.79. The molecular weight excluding hydrogens is 358 g/mol. The Kier molecular flexibility index (Phi) is 5.02. The minimum atomic E-state index is -4.67. The molecule has 132 valence electrons. The molecule has 1 aliphatic carbocycles. The maximum Gasteiger partial charge on any atom is 0.408 e. The first-order chi connectivity index (χ1) is 11.4. The average molecular weight is 375 g/mol. The van der Waals surface area contributed by atoms with Crippen LogP contribution in [-0.4, -0.2) is 54.9 Å². The van der Waals surface area contributed by atoms with Crippen molar-refractivity contribution in [2.24, 2.45) is 0 Å². The van der Waals surface area contributed by atoms with Crippen LogP contribution in [0.25, 0.3) is 0 Å². The SMILES string of the molecule is CS[C@H]1[C@H](OS(=O)(=O)O)[C@@H]2NC(=O)O[C@@H]2[C@H]1OCc1ccccc1. The van der Waals surface area contributed by atoms with E-state index in [1.54, 1.807) is 6.26 Å². The Morgan fingerprint density at radius 3 is 2.62 bits per heavy atom. The van der Waals surface area contributed by atoms with Crippen molar-refractivity contribution in [2.75, 3.05) is 6.26 Å². The molecule has 0 spiro atoms. The molecule has 1 aromatic rings. The highest BCUT2D eigenvalue weighted by molar-refractivity contribution is 7.99. The number of carbonyl (C=O) groups excluding carboxylic acids is 1. The van der Waals surface area contributed by atoms with Gasteiger partial charge in [-0.2, -0.15) is 20.2 Å². The van der Waals surface area contributed by atoms with Crippen molar-refractivity contribution < 1.29 is 31.4 Å². The van der Waals surface area contributed by atoms with Gasteiger partial charge >= 0.3 is 16.5 Å². The molecule has 0 radical (unpaired) electrons. The fourth-order valence-corrected chi connectivity index (χ4v) is 4.63. The molecule has 1 saturated carbocycles. The predicted octanol–water partition coefficient (Wildman–Crippen LogP) is 0.982. The second-order valence-corrected chi connectivity index (χ2v) is 7.55. The number of ether oxygens (including phenoxy) is 2. The van der Waals surface area contributed by atoms with Crippen LogP contribution in [0, 0.1) is 0 Å². The molecule has 24 heavy (non-hydrogen) atoms. The molecule has 1 heterocycles. The number of thioether (sulfide) groups is 1. The third kappa shape index (κ3) is 3.67. The largest absolute Gasteiger partial charge is 0.441 e. The summed E-state index contributed by atoms with van der Waals surface area (Å²) in [6, 6.07) is 8.72. The molecule has 1 amide bonds. The fraction of sp³-hybridized carbons (Fsp3) is 0.500. The Morgan fingerprint density at radius 1 is 1.29 bits per heavy atom. The lowest BCUT2D eigenvalue weighted by molar-refractivity contribution is -0.0221. The first-order valence-electron chi connectivity index (χ1n) is 7.20. The number of carbonyl (C=O) groups is 1. The highest BCUT2D eigenvalue weighted by Gasteiger charge is 2.59. The molecule has 1 saturated heterocycles. The molecule has 3 rings (SSSR count). The normalized spacial score (nSPS) is 32.2. The van der Waals surface area contributed by atoms with E-state index in [1.165, 1.54) is 11.8 Å². The van der Waals surface area contributed by atoms with Crippen LogP contribution in [0.2, 0.25) is 0 Å². The smallest absolute Gasteiger partial charge is 0.408 e. The van der Waals surface area contributed by atoms with E-state index in [4.69, 9.17) is 18.2 Å². The molecular formula is C14H17NO7S2. The molecule has 8 nitrogen and oxygen atoms in total. The van der Waals surface area contributed by atoms with E-state index in [9.17, 15) is 13.2 Å². The number of rotatable bonds is 6. The summed E-state index contributed by atoms with van der Waals surface area (Å²) >= 11 is 1.33. The van der Waals surface area contributed by atoms with E-state index in [-0.39, 0.29) is 6.61 Å². The number of benzene rings is 1. The second-order valence-electron chi connectivity index (χ2n) is 5.49. The van der Waals surface area contributed by atoms with Crippen LogP contribution in [0.1, 0.15) is 5.56 Å². The van der Waals surface area contributed by atoms with Gasteiger partial charge in [-0.05, 0) is 11.8 Å². The summed E-state index contributed by atoms with van der Waals surface area (Å²) in [6.07, 6.45) is -1.14. The molecule has 5 atom stereocenters. The fourth-order valence-electron chi connectivity index (χ4n) is 3.05. The van der Waals surface area contributed by atoms with Gasteiger partial charge in [0.1, 0.15) is 18.2 Å². The zero-order chi connectivity index (χ0) is 17.3. The lowest BCUT2D eigenvalue weighted by Crippen LogP contribution is -2.42. The standard InChI is InChI=1S/C14H17NO7S2/c1-23-13-11(22-24(17,18)19)9-10(21-14(16)15-9)12(13)20-7-8-5-3-2-4-6-8/h2-6,9-13H,7H2,1H3,(H,15,16)(H,17,18,19)/t9-,10+,11-,12-,13+/m1/s1. The number of amides is 1. The third-order valence-corrected chi connectivity index (χ3v) is 5.54. The number of fused-ring (bicyclic) bond motifs is 1. The summed E-state index contributed by atoms with van der Waals surface area (Å²) in [4.78, 5) is 11.5. The summed E-state index contributed by atoms with van der Waals surface area (Å²) in [5, 5.41) is 2.09. The highest BCUT2D eigenvalue weighted by Crippen LogP contribution is 2.39. The van der Waals surface area contributed by atoms with Crippen molar-refractivity contribution in [1.82, 2.24) is 5.32 Å². The van der Waals surface area contributed by atoms with E-state index in [0.29, 0.717) is 0 Å². The van der Waals surface area contributed by atoms with Crippen LogP contribution >= 0.6 is 11.8 Å². The van der Waals surface area contributed by atoms with Crippen LogP contribution < -0.4 is 5.32 Å². The van der Waals surface area contributed by atoms with Crippen molar-refractivity contribution in [3.63, 3.8) is 0 Å². The van der Waals surface area contributed by atoms with Crippen molar-refractivity contribution in [2.45, 2.75) is 36.2 Å². The lowest BCUT2D eigenvalue weighted by atomic mass is 10.2. The molecule has 2 aliphatic rings. The lowest BCUT2D eigenvalue weighted by Gasteiger charge is -2.24. The van der Waals surface area contributed by atoms with Crippen LogP contribution in [0.5, 0.6) is 0 Å². The van der Waals surface area contributed by atoms with E-state index < -0.39 is 46.1 Å². The number of hydrogen-bond donors (Lipinski definition) is 2. The summed E-state index contributed by atoms with van der Waals surface area (Å²) in [5.74, 6) is 0. The van der Waals surface area contributed by atoms with Crippen LogP contribution in [0.4, 0.5) is 4.79 Å². The van der Waals surface area contributed by atoms with Gasteiger partial charge in [-0.1, -0.05) is 30.3 Å². The van der Waals surface area contributed by atoms with Gasteiger partial charge in [0, 0.05) is 0 Å². The van der Waals surface area contributed by atoms with Gasteiger partial charge < -0.3 is 14.8 Å². The molecule has 2 fully saturated rings. The Hall–Kier alpha value is -1.33. The maximum absolute atomic E-state index is 11.5. The quantitative estimate of drug-likeness (QED) is 0.708. The van der Waals surface area contributed by atoms with Gasteiger partial charge in [-0.3, -0.25) is 4.55 Å². The summed E-state index contributed by atoms with van der Waals surface area (Å²) in [7, 11) is -4.67. The van der Waals surface area contributed by atoms with Crippen molar-refractivity contribution in [3.05, 3.63) is 35.9 Å². The first-order valence-corrected chi connectivity index (χ1v) is 9.85. The minimum Gasteiger partial charge on any atom is -0.441 e. The zero-order valence-electron chi connectivity index (χ0n) is 12.7. The average Bonchev–Trinajstić information content (AvgIpc) is 3.01. The third-order valence-electron chi connectivity index (χ3n) is 4.00. The highest BCUT2D eigenvalue weighted by atomic mass is 32.3. The van der Waals surface area contributed by atoms with Crippen molar-refractivity contribution >= 4 is 28.3 Å². The summed E-state index contributed by atoms with van der Waals surface area (Å²) in [6.45, 7) is 0.280. The topological polar surface area (TPSA) is 111 Å². The van der Waals surface area contributed by atoms with E-state index in [1.807, 2.05) is 30.3 Å². The van der Waals surface area contributed by atoms with Crippen LogP contribution in [0.15, 0.2) is 30.3 Å². The van der Waals surface area contributed by atoms with E-state index in [0.717, 1.165) is 5.56 Å². The first kappa shape index (κ1) is 17.5. The van der Waals surface area contributed by atoms with Crippen molar-refractivity contribution in [1.29, 1.82) is 0 Å². The van der Waals surface area contributed by atoms with Crippen LogP contribution in [-0.2, 0) is 30.7 Å². The molecule has 1 aromatic carbocycles. The van der Waals surface area contributed by atoms with Crippen molar-refractivity contribution in [3.8, 4) is 0 Å². The Labute approximate surface area is 143 Å². The molecule has 10 heteroatoms. The molecule has 1 aliphatic heterocycles. The van der Waals surface area contributed by atoms with Gasteiger partial charge in [0.15, 0.2) is 6.10 Å². The maximum atomic E-state index is 11.5. The minimum absolute atomic E-state index is 0.280. The van der Waals surface area contributed by atoms with E-state index in [2.05, 4.69) is 5.32 Å². The predicted molar refractivity (Wildman–Crippen MR) is 85.9 cm³/mol. The van der Waals surface area contributed by atoms with Gasteiger partial charge in [0.25, 0.3) is 0 Å². The molecule has 0 bridgehead atoms. The molecule has 0 aromatic heterocycles. The Bertz CT molecular complexity index is 696. The summed E-state index contributed by atoms with van der Waals surface area (Å²) < 4.78 is 47.2. The zero-order valence-corrected chi connectivity index (χ0v) is 14.3. The number of nitrogens with one attached hydrogen (secondary N) is 1. The van der Waals surface area contributed by atoms with Gasteiger partial charge in [0.2, 0.25) is 0 Å². The number of alkyl carbamates (subject to hydrolysis) is 1.